The van der Waals surface area contributed by atoms with Gasteiger partial charge < -0.3 is 9.26 Å². The molecule has 0 fully saturated rings. The molecule has 0 aromatic carbocycles. The van der Waals surface area contributed by atoms with Crippen LogP contribution in [0.5, 0.6) is 5.88 Å². The first-order valence-electron chi connectivity index (χ1n) is 3.99. The Hall–Kier alpha value is -2.31. The summed E-state index contributed by atoms with van der Waals surface area (Å²) in [6, 6.07) is 1.54. The van der Waals surface area contributed by atoms with Crippen molar-refractivity contribution in [2.75, 3.05) is 7.11 Å². The molecule has 7 heteroatoms. The lowest BCUT2D eigenvalue weighted by molar-refractivity contribution is 0.108. The molecule has 0 aliphatic heterocycles. The Kier molecular flexibility index (Phi) is 2.36. The summed E-state index contributed by atoms with van der Waals surface area (Å²) in [5.41, 5.74) is 0.429. The molecule has 0 bridgehead atoms. The van der Waals surface area contributed by atoms with Crippen LogP contribution < -0.4 is 4.74 Å². The molecule has 2 aromatic heterocycles. The maximum Gasteiger partial charge on any atom is 0.291 e. The van der Waals surface area contributed by atoms with Gasteiger partial charge in [0.1, 0.15) is 12.0 Å². The molecule has 0 radical (unpaired) electrons. The predicted octanol–water partition coefficient (Wildman–Crippen LogP) is 0.348. The van der Waals surface area contributed by atoms with E-state index in [-0.39, 0.29) is 11.7 Å². The first kappa shape index (κ1) is 9.25. The van der Waals surface area contributed by atoms with E-state index in [2.05, 4.69) is 24.6 Å². The lowest BCUT2D eigenvalue weighted by atomic mass is 10.4. The van der Waals surface area contributed by atoms with Gasteiger partial charge in [0.15, 0.2) is 0 Å². The average molecular weight is 206 g/mol. The minimum atomic E-state index is -0.0948. The number of rotatable bonds is 3. The van der Waals surface area contributed by atoms with E-state index in [1.807, 2.05) is 0 Å². The Morgan fingerprint density at radius 2 is 2.33 bits per heavy atom. The van der Waals surface area contributed by atoms with Crippen LogP contribution in [0.1, 0.15) is 10.7 Å². The van der Waals surface area contributed by atoms with Crippen LogP contribution in [-0.2, 0) is 0 Å². The van der Waals surface area contributed by atoms with Crippen molar-refractivity contribution in [1.82, 2.24) is 20.1 Å². The van der Waals surface area contributed by atoms with Crippen molar-refractivity contribution >= 4 is 6.29 Å². The summed E-state index contributed by atoms with van der Waals surface area (Å²) in [5, 5.41) is 3.57. The number of aromatic nitrogens is 4. The van der Waals surface area contributed by atoms with Crippen molar-refractivity contribution in [2.45, 2.75) is 0 Å². The Balaban J connectivity index is 2.39. The fraction of sp³-hybridized carbons (Fsp3) is 0.125. The van der Waals surface area contributed by atoms with E-state index in [1.165, 1.54) is 13.4 Å². The number of aldehydes is 1. The number of nitrogens with zero attached hydrogens (tertiary/aromatic N) is 4. The molecule has 0 atom stereocenters. The Bertz CT molecular complexity index is 482. The standard InChI is InChI=1S/C8H6N4O3/c1-14-6-2-5(9-4-10-6)8-11-7(3-13)15-12-8/h2-4H,1H3. The van der Waals surface area contributed by atoms with Gasteiger partial charge in [-0.3, -0.25) is 4.79 Å². The minimum Gasteiger partial charge on any atom is -0.481 e. The molecule has 7 nitrogen and oxygen atoms in total. The number of carbonyl (C=O) groups is 1. The average Bonchev–Trinajstić information content (AvgIpc) is 2.78. The molecule has 0 amide bonds. The Morgan fingerprint density at radius 3 is 3.00 bits per heavy atom. The van der Waals surface area contributed by atoms with Gasteiger partial charge in [0.05, 0.1) is 7.11 Å². The number of hydrogen-bond acceptors (Lipinski definition) is 7. The molecule has 0 aliphatic carbocycles. The minimum absolute atomic E-state index is 0.0948. The monoisotopic (exact) mass is 206 g/mol. The summed E-state index contributed by atoms with van der Waals surface area (Å²) in [5.74, 6) is 0.512. The van der Waals surface area contributed by atoms with E-state index in [9.17, 15) is 4.79 Å². The zero-order valence-corrected chi connectivity index (χ0v) is 7.75. The molecule has 2 rings (SSSR count). The summed E-state index contributed by atoms with van der Waals surface area (Å²) in [6.07, 6.45) is 1.78. The number of carbonyl (C=O) groups excluding carboxylic acids is 1. The van der Waals surface area contributed by atoms with E-state index in [0.717, 1.165) is 0 Å². The second-order valence-electron chi connectivity index (χ2n) is 2.52. The van der Waals surface area contributed by atoms with Crippen LogP contribution in [0.25, 0.3) is 11.5 Å². The van der Waals surface area contributed by atoms with E-state index < -0.39 is 0 Å². The largest absolute Gasteiger partial charge is 0.481 e. The van der Waals surface area contributed by atoms with Gasteiger partial charge in [-0.25, -0.2) is 9.97 Å². The van der Waals surface area contributed by atoms with E-state index in [0.29, 0.717) is 17.9 Å². The molecule has 0 saturated carbocycles. The molecular weight excluding hydrogens is 200 g/mol. The van der Waals surface area contributed by atoms with Crippen LogP contribution in [0.4, 0.5) is 0 Å². The van der Waals surface area contributed by atoms with Crippen LogP contribution in [0.3, 0.4) is 0 Å². The smallest absolute Gasteiger partial charge is 0.291 e. The highest BCUT2D eigenvalue weighted by molar-refractivity contribution is 5.68. The van der Waals surface area contributed by atoms with Crippen LogP contribution in [0.2, 0.25) is 0 Å². The second kappa shape index (κ2) is 3.82. The number of methoxy groups -OCH3 is 1. The highest BCUT2D eigenvalue weighted by Crippen LogP contribution is 2.15. The first-order valence-corrected chi connectivity index (χ1v) is 3.99. The highest BCUT2D eigenvalue weighted by atomic mass is 16.5. The van der Waals surface area contributed by atoms with E-state index in [4.69, 9.17) is 4.74 Å². The molecule has 0 N–H and O–H groups in total. The fourth-order valence-electron chi connectivity index (χ4n) is 0.960. The molecule has 0 saturated heterocycles. The van der Waals surface area contributed by atoms with Gasteiger partial charge in [-0.15, -0.1) is 0 Å². The normalized spacial score (nSPS) is 9.93. The molecule has 0 unspecified atom stereocenters. The molecule has 2 heterocycles. The Labute approximate surface area is 84.1 Å². The summed E-state index contributed by atoms with van der Waals surface area (Å²) in [4.78, 5) is 21.8. The molecule has 0 spiro atoms. The van der Waals surface area contributed by atoms with Gasteiger partial charge >= 0.3 is 0 Å². The molecule has 2 aromatic rings. The number of ether oxygens (including phenoxy) is 1. The highest BCUT2D eigenvalue weighted by Gasteiger charge is 2.09. The van der Waals surface area contributed by atoms with Gasteiger partial charge in [0.2, 0.25) is 18.0 Å². The third-order valence-corrected chi connectivity index (χ3v) is 1.62. The third-order valence-electron chi connectivity index (χ3n) is 1.62. The van der Waals surface area contributed by atoms with Crippen LogP contribution in [0, 0.1) is 0 Å². The van der Waals surface area contributed by atoms with Crippen molar-refractivity contribution in [3.05, 3.63) is 18.3 Å². The summed E-state index contributed by atoms with van der Waals surface area (Å²) >= 11 is 0. The van der Waals surface area contributed by atoms with Gasteiger partial charge in [-0.1, -0.05) is 5.16 Å². The van der Waals surface area contributed by atoms with Gasteiger partial charge in [0.25, 0.3) is 5.89 Å². The summed E-state index contributed by atoms with van der Waals surface area (Å²) in [6.45, 7) is 0. The lowest BCUT2D eigenvalue weighted by Crippen LogP contribution is -1.92. The summed E-state index contributed by atoms with van der Waals surface area (Å²) < 4.78 is 9.51. The van der Waals surface area contributed by atoms with Crippen molar-refractivity contribution < 1.29 is 14.1 Å². The van der Waals surface area contributed by atoms with Crippen molar-refractivity contribution in [2.24, 2.45) is 0 Å². The molecule has 15 heavy (non-hydrogen) atoms. The Morgan fingerprint density at radius 1 is 1.47 bits per heavy atom. The van der Waals surface area contributed by atoms with Crippen LogP contribution in [0.15, 0.2) is 16.9 Å². The van der Waals surface area contributed by atoms with Gasteiger partial charge in [0, 0.05) is 6.07 Å². The zero-order chi connectivity index (χ0) is 10.7. The van der Waals surface area contributed by atoms with Crippen molar-refractivity contribution in [3.8, 4) is 17.4 Å². The fourth-order valence-corrected chi connectivity index (χ4v) is 0.960. The van der Waals surface area contributed by atoms with E-state index in [1.54, 1.807) is 6.07 Å². The van der Waals surface area contributed by atoms with Crippen molar-refractivity contribution in [1.29, 1.82) is 0 Å². The second-order valence-corrected chi connectivity index (χ2v) is 2.52. The van der Waals surface area contributed by atoms with Gasteiger partial charge in [-0.05, 0) is 0 Å². The predicted molar refractivity (Wildman–Crippen MR) is 47.3 cm³/mol. The third kappa shape index (κ3) is 1.80. The molecule has 76 valence electrons. The molecule has 0 aliphatic rings. The maximum absolute atomic E-state index is 10.3. The molecular formula is C8H6N4O3. The van der Waals surface area contributed by atoms with Gasteiger partial charge in [-0.2, -0.15) is 4.98 Å². The van der Waals surface area contributed by atoms with E-state index >= 15 is 0 Å². The number of hydrogen-bond donors (Lipinski definition) is 0. The zero-order valence-electron chi connectivity index (χ0n) is 7.75. The topological polar surface area (TPSA) is 91.0 Å². The van der Waals surface area contributed by atoms with Crippen molar-refractivity contribution in [3.63, 3.8) is 0 Å². The lowest BCUT2D eigenvalue weighted by Gasteiger charge is -1.97. The maximum atomic E-state index is 10.3. The van der Waals surface area contributed by atoms with Crippen LogP contribution in [-0.4, -0.2) is 33.5 Å². The summed E-state index contributed by atoms with van der Waals surface area (Å²) in [7, 11) is 1.49. The first-order chi connectivity index (χ1) is 7.33. The SMILES string of the molecule is COc1cc(-c2noc(C=O)n2)ncn1. The quantitative estimate of drug-likeness (QED) is 0.669. The van der Waals surface area contributed by atoms with Crippen LogP contribution >= 0.6 is 0 Å².